The van der Waals surface area contributed by atoms with Gasteiger partial charge >= 0.3 is 11.4 Å². The third-order valence-electron chi connectivity index (χ3n) is 0.393. The van der Waals surface area contributed by atoms with Crippen LogP contribution in [0.1, 0.15) is 0 Å². The van der Waals surface area contributed by atoms with E-state index in [1.165, 1.54) is 7.11 Å². The lowest BCUT2D eigenvalue weighted by molar-refractivity contribution is 0.299. The second-order valence-electron chi connectivity index (χ2n) is 0.882. The van der Waals surface area contributed by atoms with E-state index in [-0.39, 0.29) is 0 Å². The highest BCUT2D eigenvalue weighted by Gasteiger charge is 1.92. The highest BCUT2D eigenvalue weighted by molar-refractivity contribution is 9.09. The zero-order valence-electron chi connectivity index (χ0n) is 4.43. The molecule has 0 aromatic heterocycles. The van der Waals surface area contributed by atoms with Gasteiger partial charge in [0.1, 0.15) is 0 Å². The summed E-state index contributed by atoms with van der Waals surface area (Å²) in [4.78, 5) is 0. The molecule has 0 aliphatic carbocycles. The van der Waals surface area contributed by atoms with Crippen LogP contribution in [0.25, 0.3) is 0 Å². The van der Waals surface area contributed by atoms with Crippen molar-refractivity contribution >= 4 is 27.3 Å². The van der Waals surface area contributed by atoms with Crippen molar-refractivity contribution in [3.63, 3.8) is 0 Å². The van der Waals surface area contributed by atoms with E-state index in [4.69, 9.17) is 0 Å². The Kier molecular flexibility index (Phi) is 6.07. The van der Waals surface area contributed by atoms with Gasteiger partial charge < -0.3 is 0 Å². The molecule has 0 saturated heterocycles. The van der Waals surface area contributed by atoms with E-state index in [2.05, 4.69) is 24.3 Å². The van der Waals surface area contributed by atoms with E-state index in [1.54, 1.807) is 0 Å². The smallest absolute Gasteiger partial charge is 0.272 e. The fourth-order valence-electron chi connectivity index (χ4n) is 0.148. The summed E-state index contributed by atoms with van der Waals surface area (Å²) in [5.74, 6) is 0. The normalized spacial score (nSPS) is 13.8. The van der Waals surface area contributed by atoms with Crippen LogP contribution in [-0.4, -0.2) is 23.3 Å². The van der Waals surface area contributed by atoms with E-state index < -0.39 is 11.4 Å². The molecule has 0 N–H and O–H groups in total. The summed E-state index contributed by atoms with van der Waals surface area (Å²) >= 11 is 1.54. The molecule has 3 nitrogen and oxygen atoms in total. The minimum atomic E-state index is -1.56. The third-order valence-corrected chi connectivity index (χ3v) is 1.35. The van der Waals surface area contributed by atoms with E-state index in [0.717, 1.165) is 0 Å². The summed E-state index contributed by atoms with van der Waals surface area (Å²) in [5.41, 5.74) is 0. The Balaban J connectivity index is 2.99. The van der Waals surface area contributed by atoms with Crippen LogP contribution in [0.15, 0.2) is 0 Å². The van der Waals surface area contributed by atoms with Gasteiger partial charge in [-0.25, -0.2) is 0 Å². The molecule has 0 radical (unpaired) electrons. The lowest BCUT2D eigenvalue weighted by atomic mass is 10.9. The maximum Gasteiger partial charge on any atom is 0.304 e. The summed E-state index contributed by atoms with van der Waals surface area (Å²) in [6.45, 7) is 0.403. The Morgan fingerprint density at radius 2 is 2.38 bits per heavy atom. The van der Waals surface area contributed by atoms with Gasteiger partial charge in [0.05, 0.1) is 13.7 Å². The summed E-state index contributed by atoms with van der Waals surface area (Å²) < 4.78 is 19.0. The van der Waals surface area contributed by atoms with Crippen LogP contribution < -0.4 is 0 Å². The maximum atomic E-state index is 10.2. The molecule has 0 aliphatic heterocycles. The van der Waals surface area contributed by atoms with Gasteiger partial charge in [-0.3, -0.25) is 8.37 Å². The molecule has 0 aliphatic rings. The highest BCUT2D eigenvalue weighted by atomic mass is 79.9. The highest BCUT2D eigenvalue weighted by Crippen LogP contribution is 1.87. The average Bonchev–Trinajstić information content (AvgIpc) is 1.83. The number of rotatable bonds is 4. The molecule has 0 unspecified atom stereocenters. The molecule has 0 aromatic carbocycles. The van der Waals surface area contributed by atoms with Crippen molar-refractivity contribution in [3.05, 3.63) is 0 Å². The first kappa shape index (κ1) is 8.55. The lowest BCUT2D eigenvalue weighted by Gasteiger charge is -1.94. The molecular weight excluding hydrogens is 196 g/mol. The Morgan fingerprint density at radius 1 is 1.75 bits per heavy atom. The summed E-state index contributed by atoms with van der Waals surface area (Å²) in [7, 11) is 1.32. The fraction of sp³-hybridized carbons (Fsp3) is 1.00. The Morgan fingerprint density at radius 3 is 2.75 bits per heavy atom. The van der Waals surface area contributed by atoms with Gasteiger partial charge in [0.15, 0.2) is 0 Å². The van der Waals surface area contributed by atoms with Crippen LogP contribution in [-0.2, 0) is 19.7 Å². The number of halogens is 1. The van der Waals surface area contributed by atoms with E-state index in [0.29, 0.717) is 11.9 Å². The molecule has 0 amide bonds. The van der Waals surface area contributed by atoms with Gasteiger partial charge in [-0.05, 0) is 0 Å². The first-order valence-corrected chi connectivity index (χ1v) is 4.09. The molecule has 5 heteroatoms. The molecule has 0 spiro atoms. The van der Waals surface area contributed by atoms with Crippen LogP contribution in [0.4, 0.5) is 0 Å². The van der Waals surface area contributed by atoms with Gasteiger partial charge in [-0.15, -0.1) is 0 Å². The van der Waals surface area contributed by atoms with Crippen molar-refractivity contribution in [2.75, 3.05) is 19.0 Å². The number of alkyl halides is 1. The second kappa shape index (κ2) is 5.68. The summed E-state index contributed by atoms with van der Waals surface area (Å²) in [5, 5.41) is 0.669. The van der Waals surface area contributed by atoms with Crippen LogP contribution in [0.2, 0.25) is 0 Å². The molecule has 0 saturated carbocycles. The van der Waals surface area contributed by atoms with E-state index in [1.807, 2.05) is 0 Å². The van der Waals surface area contributed by atoms with Crippen molar-refractivity contribution in [3.8, 4) is 0 Å². The van der Waals surface area contributed by atoms with Gasteiger partial charge in [0.2, 0.25) is 0 Å². The first-order valence-electron chi connectivity index (χ1n) is 1.96. The zero-order valence-corrected chi connectivity index (χ0v) is 6.83. The molecule has 0 rings (SSSR count). The fourth-order valence-corrected chi connectivity index (χ4v) is 0.839. The van der Waals surface area contributed by atoms with Crippen LogP contribution in [0.5, 0.6) is 0 Å². The minimum Gasteiger partial charge on any atom is -0.272 e. The van der Waals surface area contributed by atoms with Crippen molar-refractivity contribution in [2.45, 2.75) is 0 Å². The predicted molar refractivity (Wildman–Crippen MR) is 34.9 cm³/mol. The Hall–Kier alpha value is 0.550. The molecule has 50 valence electrons. The molecule has 0 heterocycles. The molecule has 0 fully saturated rings. The Bertz CT molecular complexity index is 76.9. The van der Waals surface area contributed by atoms with Crippen molar-refractivity contribution < 1.29 is 12.6 Å². The molecule has 0 bridgehead atoms. The average molecular weight is 203 g/mol. The van der Waals surface area contributed by atoms with E-state index >= 15 is 0 Å². The van der Waals surface area contributed by atoms with Crippen LogP contribution in [0, 0.1) is 0 Å². The quantitative estimate of drug-likeness (QED) is 0.628. The summed E-state index contributed by atoms with van der Waals surface area (Å²) in [6.07, 6.45) is 0. The van der Waals surface area contributed by atoms with Crippen LogP contribution >= 0.6 is 15.9 Å². The lowest BCUT2D eigenvalue weighted by Crippen LogP contribution is -2.00. The largest absolute Gasteiger partial charge is 0.304 e. The number of hydrogen-bond acceptors (Lipinski definition) is 3. The van der Waals surface area contributed by atoms with Gasteiger partial charge in [0, 0.05) is 5.33 Å². The molecule has 8 heavy (non-hydrogen) atoms. The maximum absolute atomic E-state index is 10.2. The minimum absolute atomic E-state index is 0.403. The van der Waals surface area contributed by atoms with Crippen molar-refractivity contribution in [1.82, 2.24) is 0 Å². The van der Waals surface area contributed by atoms with E-state index in [9.17, 15) is 4.21 Å². The number of hydrogen-bond donors (Lipinski definition) is 0. The standard InChI is InChI=1S/C3H7BrO3S/c1-6-8(5)7-3-2-4/h2-3H2,1H3/t8-/m0/s1. The van der Waals surface area contributed by atoms with Gasteiger partial charge in [0.25, 0.3) is 0 Å². The second-order valence-corrected chi connectivity index (χ2v) is 2.65. The first-order chi connectivity index (χ1) is 3.81. The predicted octanol–water partition coefficient (Wildman–Crippen LogP) is 0.623. The van der Waals surface area contributed by atoms with Crippen LogP contribution in [0.3, 0.4) is 0 Å². The molecular formula is C3H7BrO3S. The van der Waals surface area contributed by atoms with Gasteiger partial charge in [-0.1, -0.05) is 15.9 Å². The Labute approximate surface area is 59.4 Å². The molecule has 0 aromatic rings. The zero-order chi connectivity index (χ0) is 6.41. The topological polar surface area (TPSA) is 35.5 Å². The SMILES string of the molecule is CO[S@](=O)OCCBr. The summed E-state index contributed by atoms with van der Waals surface area (Å²) in [6, 6.07) is 0. The third kappa shape index (κ3) is 4.70. The van der Waals surface area contributed by atoms with Crippen molar-refractivity contribution in [1.29, 1.82) is 0 Å². The van der Waals surface area contributed by atoms with Crippen molar-refractivity contribution in [2.24, 2.45) is 0 Å². The molecule has 1 atom stereocenters. The monoisotopic (exact) mass is 202 g/mol. The van der Waals surface area contributed by atoms with Gasteiger partial charge in [-0.2, -0.15) is 4.21 Å².